The number of ether oxygens (including phenoxy) is 1. The van der Waals surface area contributed by atoms with E-state index in [-0.39, 0.29) is 0 Å². The van der Waals surface area contributed by atoms with Crippen molar-refractivity contribution in [1.82, 2.24) is 4.90 Å². The van der Waals surface area contributed by atoms with Gasteiger partial charge in [0.2, 0.25) is 0 Å². The SMILES string of the molecule is CCOc1cc(N)cc(NC2CCN3CCCC23)c1. The quantitative estimate of drug-likeness (QED) is 0.817. The summed E-state index contributed by atoms with van der Waals surface area (Å²) in [6.07, 6.45) is 3.88. The van der Waals surface area contributed by atoms with E-state index in [0.717, 1.165) is 17.1 Å². The molecule has 1 aromatic rings. The molecule has 0 amide bonds. The Morgan fingerprint density at radius 2 is 2.21 bits per heavy atom. The molecular formula is C15H23N3O. The van der Waals surface area contributed by atoms with Gasteiger partial charge in [0.25, 0.3) is 0 Å². The average Bonchev–Trinajstić information content (AvgIpc) is 2.94. The Kier molecular flexibility index (Phi) is 3.51. The summed E-state index contributed by atoms with van der Waals surface area (Å²) in [7, 11) is 0. The Hall–Kier alpha value is -1.42. The monoisotopic (exact) mass is 261 g/mol. The van der Waals surface area contributed by atoms with Gasteiger partial charge in [-0.1, -0.05) is 0 Å². The molecule has 4 heteroatoms. The van der Waals surface area contributed by atoms with Crippen molar-refractivity contribution in [3.05, 3.63) is 18.2 Å². The number of benzene rings is 1. The summed E-state index contributed by atoms with van der Waals surface area (Å²) < 4.78 is 5.55. The van der Waals surface area contributed by atoms with Crippen LogP contribution in [0.4, 0.5) is 11.4 Å². The van der Waals surface area contributed by atoms with Crippen LogP contribution in [0.3, 0.4) is 0 Å². The van der Waals surface area contributed by atoms with E-state index in [1.807, 2.05) is 19.1 Å². The minimum absolute atomic E-state index is 0.554. The summed E-state index contributed by atoms with van der Waals surface area (Å²) in [5.74, 6) is 0.853. The molecule has 3 rings (SSSR count). The molecule has 0 saturated carbocycles. The van der Waals surface area contributed by atoms with Crippen LogP contribution < -0.4 is 15.8 Å². The summed E-state index contributed by atoms with van der Waals surface area (Å²) >= 11 is 0. The molecule has 0 spiro atoms. The second-order valence-electron chi connectivity index (χ2n) is 5.51. The fraction of sp³-hybridized carbons (Fsp3) is 0.600. The van der Waals surface area contributed by atoms with Crippen molar-refractivity contribution >= 4 is 11.4 Å². The number of nitrogen functional groups attached to an aromatic ring is 1. The lowest BCUT2D eigenvalue weighted by Crippen LogP contribution is -2.33. The first-order chi connectivity index (χ1) is 9.26. The molecule has 0 aliphatic carbocycles. The van der Waals surface area contributed by atoms with Gasteiger partial charge in [0.1, 0.15) is 5.75 Å². The molecular weight excluding hydrogens is 238 g/mol. The maximum absolute atomic E-state index is 5.94. The van der Waals surface area contributed by atoms with Crippen LogP contribution in [0.15, 0.2) is 18.2 Å². The normalized spacial score (nSPS) is 26.4. The van der Waals surface area contributed by atoms with Crippen molar-refractivity contribution in [3.63, 3.8) is 0 Å². The number of hydrogen-bond acceptors (Lipinski definition) is 4. The smallest absolute Gasteiger partial charge is 0.123 e. The maximum Gasteiger partial charge on any atom is 0.123 e. The standard InChI is InChI=1S/C15H23N3O/c1-2-19-13-9-11(16)8-12(10-13)17-14-5-7-18-6-3-4-15(14)18/h8-10,14-15,17H,2-7,16H2,1H3. The van der Waals surface area contributed by atoms with Gasteiger partial charge in [-0.2, -0.15) is 0 Å². The van der Waals surface area contributed by atoms with E-state index in [0.29, 0.717) is 18.7 Å². The fourth-order valence-electron chi connectivity index (χ4n) is 3.42. The molecule has 1 aromatic carbocycles. The third-order valence-electron chi connectivity index (χ3n) is 4.20. The highest BCUT2D eigenvalue weighted by Gasteiger charge is 2.36. The Labute approximate surface area is 114 Å². The maximum atomic E-state index is 5.94. The molecule has 0 radical (unpaired) electrons. The van der Waals surface area contributed by atoms with Gasteiger partial charge in [0, 0.05) is 42.1 Å². The van der Waals surface area contributed by atoms with E-state index in [1.54, 1.807) is 0 Å². The zero-order chi connectivity index (χ0) is 13.2. The van der Waals surface area contributed by atoms with Gasteiger partial charge in [-0.25, -0.2) is 0 Å². The fourth-order valence-corrected chi connectivity index (χ4v) is 3.42. The molecule has 2 aliphatic heterocycles. The minimum atomic E-state index is 0.554. The topological polar surface area (TPSA) is 50.5 Å². The second-order valence-corrected chi connectivity index (χ2v) is 5.51. The van der Waals surface area contributed by atoms with Crippen molar-refractivity contribution in [2.45, 2.75) is 38.3 Å². The third kappa shape index (κ3) is 2.63. The zero-order valence-electron chi connectivity index (χ0n) is 11.6. The first-order valence-electron chi connectivity index (χ1n) is 7.30. The third-order valence-corrected chi connectivity index (χ3v) is 4.20. The summed E-state index contributed by atoms with van der Waals surface area (Å²) in [5.41, 5.74) is 7.78. The molecule has 0 bridgehead atoms. The van der Waals surface area contributed by atoms with Gasteiger partial charge < -0.3 is 15.8 Å². The molecule has 2 atom stereocenters. The summed E-state index contributed by atoms with van der Waals surface area (Å²) in [5, 5.41) is 3.65. The van der Waals surface area contributed by atoms with Gasteiger partial charge in [-0.15, -0.1) is 0 Å². The number of hydrogen-bond donors (Lipinski definition) is 2. The van der Waals surface area contributed by atoms with Crippen LogP contribution in [-0.4, -0.2) is 36.7 Å². The Balaban J connectivity index is 1.72. The van der Waals surface area contributed by atoms with Crippen LogP contribution in [0.5, 0.6) is 5.75 Å². The summed E-state index contributed by atoms with van der Waals surface area (Å²) in [4.78, 5) is 2.60. The number of anilines is 2. The number of nitrogens with two attached hydrogens (primary N) is 1. The van der Waals surface area contributed by atoms with E-state index in [1.165, 1.54) is 32.4 Å². The highest BCUT2D eigenvalue weighted by molar-refractivity contribution is 5.59. The van der Waals surface area contributed by atoms with Crippen LogP contribution in [0, 0.1) is 0 Å². The van der Waals surface area contributed by atoms with Crippen LogP contribution in [0.2, 0.25) is 0 Å². The number of rotatable bonds is 4. The first-order valence-corrected chi connectivity index (χ1v) is 7.30. The summed E-state index contributed by atoms with van der Waals surface area (Å²) in [6, 6.07) is 7.19. The largest absolute Gasteiger partial charge is 0.494 e. The molecule has 0 aromatic heterocycles. The molecule has 2 saturated heterocycles. The van der Waals surface area contributed by atoms with Crippen LogP contribution in [0.25, 0.3) is 0 Å². The molecule has 19 heavy (non-hydrogen) atoms. The molecule has 104 valence electrons. The van der Waals surface area contributed by atoms with Crippen molar-refractivity contribution in [2.24, 2.45) is 0 Å². The lowest BCUT2D eigenvalue weighted by atomic mass is 10.1. The number of nitrogens with one attached hydrogen (secondary N) is 1. The molecule has 2 aliphatic rings. The minimum Gasteiger partial charge on any atom is -0.494 e. The van der Waals surface area contributed by atoms with Gasteiger partial charge in [-0.3, -0.25) is 4.90 Å². The van der Waals surface area contributed by atoms with Crippen LogP contribution in [-0.2, 0) is 0 Å². The Bertz CT molecular complexity index is 449. The van der Waals surface area contributed by atoms with Crippen LogP contribution >= 0.6 is 0 Å². The predicted octanol–water partition coefficient (Wildman–Crippen LogP) is 2.32. The molecule has 2 heterocycles. The Morgan fingerprint density at radius 3 is 3.05 bits per heavy atom. The van der Waals surface area contributed by atoms with Crippen molar-refractivity contribution < 1.29 is 4.74 Å². The van der Waals surface area contributed by atoms with E-state index >= 15 is 0 Å². The zero-order valence-corrected chi connectivity index (χ0v) is 11.6. The van der Waals surface area contributed by atoms with Crippen molar-refractivity contribution in [1.29, 1.82) is 0 Å². The van der Waals surface area contributed by atoms with E-state index in [9.17, 15) is 0 Å². The molecule has 3 N–H and O–H groups in total. The number of nitrogens with zero attached hydrogens (tertiary/aromatic N) is 1. The molecule has 2 fully saturated rings. The van der Waals surface area contributed by atoms with E-state index in [4.69, 9.17) is 10.5 Å². The molecule has 4 nitrogen and oxygen atoms in total. The van der Waals surface area contributed by atoms with Crippen molar-refractivity contribution in [3.8, 4) is 5.75 Å². The van der Waals surface area contributed by atoms with Crippen molar-refractivity contribution in [2.75, 3.05) is 30.7 Å². The summed E-state index contributed by atoms with van der Waals surface area (Å²) in [6.45, 7) is 5.15. The molecule has 2 unspecified atom stereocenters. The lowest BCUT2D eigenvalue weighted by molar-refractivity contribution is 0.318. The highest BCUT2D eigenvalue weighted by Crippen LogP contribution is 2.31. The van der Waals surface area contributed by atoms with Crippen LogP contribution in [0.1, 0.15) is 26.2 Å². The lowest BCUT2D eigenvalue weighted by Gasteiger charge is -2.22. The van der Waals surface area contributed by atoms with Gasteiger partial charge >= 0.3 is 0 Å². The average molecular weight is 261 g/mol. The van der Waals surface area contributed by atoms with Gasteiger partial charge in [0.05, 0.1) is 6.61 Å². The second kappa shape index (κ2) is 5.29. The van der Waals surface area contributed by atoms with Gasteiger partial charge in [0.15, 0.2) is 0 Å². The highest BCUT2D eigenvalue weighted by atomic mass is 16.5. The first kappa shape index (κ1) is 12.6. The van der Waals surface area contributed by atoms with E-state index < -0.39 is 0 Å². The Morgan fingerprint density at radius 1 is 1.32 bits per heavy atom. The number of fused-ring (bicyclic) bond motifs is 1. The predicted molar refractivity (Wildman–Crippen MR) is 78.6 cm³/mol. The van der Waals surface area contributed by atoms with E-state index in [2.05, 4.69) is 16.3 Å². The van der Waals surface area contributed by atoms with Gasteiger partial charge in [-0.05, 0) is 38.8 Å².